The van der Waals surface area contributed by atoms with Gasteiger partial charge in [-0.1, -0.05) is 78.2 Å². The molecule has 12 heterocycles. The van der Waals surface area contributed by atoms with E-state index in [-0.39, 0.29) is 53.7 Å². The SMILES string of the molecule is C.C.C.C.CCOC(=O)c1cc2c(-c3cn(CC)nc3-c3cccc(N)c3)ccnc2[nH]1.CCOC(=O)c1cc2c(-c3cn(CC)nc3-c3cccc(NC)c3)ccnc2[nH]1.CCOC(=O)c1cc2c(-c3cn(CC)nc3-c3cccc([N+](=O)[O-])c3)ccnc2[nH]1.CCn1cc(-c2ccnc3[nH]c(C(=O)O)cc23)c(-c2cccc(NC)c2)n1. The van der Waals surface area contributed by atoms with Gasteiger partial charge in [0.25, 0.3) is 5.69 Å². The van der Waals surface area contributed by atoms with Crippen LogP contribution in [0.5, 0.6) is 0 Å². The standard InChI is InChI=1S/C22H23N5O2.C21H19N5O4.C21H21N5O2.C20H19N5O2.4CH4/c1-4-27-13-18(20(26-27)14-7-6-8-15(11-14)23-3)16-9-10-24-21-17(16)12-19(25-21)22(28)29-5-2;1-3-25-12-17(19(24-25)13-6-5-7-14(10-13)26(28)29)15-8-9-22-20-16(15)11-18(23-20)21(27)30-4-2;1-3-26-12-17(19(25-26)13-6-5-7-14(22)10-13)15-8-9-23-20-16(15)11-18(24-20)21(27)28-4-2;1-3-25-11-16(18(24-25)12-5-4-6-13(9-12)21-2)14-7-8-22-19-15(14)10-17(23-19)20(26)27;;;;/h6-13,23H,4-5H2,1-3H3,(H,24,25);5-12H,3-4H2,1-2H3,(H,22,23);5-12H,3-4,22H2,1-2H3,(H,23,24);4-11,21H,3H2,1-2H3,(H,22,23)(H,26,27);4*1H4. The number of H-pyrrole nitrogens is 4. The third-order valence-corrected chi connectivity index (χ3v) is 18.7. The molecule has 0 atom stereocenters. The number of esters is 3. The molecule has 16 aromatic rings. The Kier molecular flexibility index (Phi) is 28.6. The zero-order chi connectivity index (χ0) is 80.3. The molecule has 0 saturated heterocycles. The maximum Gasteiger partial charge on any atom is 0.354 e. The number of ether oxygens (including phenoxy) is 3. The Balaban J connectivity index is 0.000000177. The molecule has 0 aliphatic rings. The van der Waals surface area contributed by atoms with E-state index in [4.69, 9.17) is 35.2 Å². The molecule has 30 nitrogen and oxygen atoms in total. The number of nitro groups is 1. The number of fused-ring (bicyclic) bond motifs is 4. The molecule has 4 aromatic carbocycles. The highest BCUT2D eigenvalue weighted by molar-refractivity contribution is 6.06. The van der Waals surface area contributed by atoms with Crippen LogP contribution in [0.2, 0.25) is 0 Å². The van der Waals surface area contributed by atoms with E-state index in [1.807, 2.05) is 165 Å². The number of carboxylic acid groups (broad SMARTS) is 1. The Hall–Kier alpha value is -14.8. The van der Waals surface area contributed by atoms with Crippen molar-refractivity contribution in [2.75, 3.05) is 50.3 Å². The van der Waals surface area contributed by atoms with Crippen molar-refractivity contribution in [1.82, 2.24) is 79.0 Å². The number of carbonyl (C=O) groups excluding carboxylic acids is 3. The summed E-state index contributed by atoms with van der Waals surface area (Å²) in [5, 5.41) is 48.9. The zero-order valence-electron chi connectivity index (χ0n) is 63.9. The molecule has 0 spiro atoms. The van der Waals surface area contributed by atoms with E-state index in [1.165, 1.54) is 12.1 Å². The van der Waals surface area contributed by atoms with E-state index in [0.29, 0.717) is 76.4 Å². The summed E-state index contributed by atoms with van der Waals surface area (Å²) in [7, 11) is 3.78. The second-order valence-electron chi connectivity index (χ2n) is 25.8. The molecule has 0 amide bonds. The molecular weight excluding hydrogens is 1500 g/mol. The van der Waals surface area contributed by atoms with E-state index < -0.39 is 22.8 Å². The van der Waals surface area contributed by atoms with Gasteiger partial charge in [-0.25, -0.2) is 39.1 Å². The highest BCUT2D eigenvalue weighted by atomic mass is 16.6. The van der Waals surface area contributed by atoms with Crippen LogP contribution < -0.4 is 16.4 Å². The summed E-state index contributed by atoms with van der Waals surface area (Å²) < 4.78 is 22.8. The van der Waals surface area contributed by atoms with E-state index in [1.54, 1.807) is 86.6 Å². The first-order valence-electron chi connectivity index (χ1n) is 37.0. The largest absolute Gasteiger partial charge is 0.477 e. The number of rotatable bonds is 22. The normalized spacial score (nSPS) is 10.7. The van der Waals surface area contributed by atoms with Crippen molar-refractivity contribution in [3.63, 3.8) is 0 Å². The number of anilines is 3. The number of carbonyl (C=O) groups is 4. The summed E-state index contributed by atoms with van der Waals surface area (Å²) in [5.41, 5.74) is 26.3. The second-order valence-corrected chi connectivity index (χ2v) is 25.8. The van der Waals surface area contributed by atoms with Crippen LogP contribution in [0.15, 0.2) is 195 Å². The first kappa shape index (κ1) is 87.1. The summed E-state index contributed by atoms with van der Waals surface area (Å²) in [4.78, 5) is 87.9. The summed E-state index contributed by atoms with van der Waals surface area (Å²) in [6.45, 7) is 17.2. The molecule has 0 fully saturated rings. The van der Waals surface area contributed by atoms with Crippen LogP contribution in [0.4, 0.5) is 22.7 Å². The van der Waals surface area contributed by atoms with Crippen molar-refractivity contribution >= 4 is 90.8 Å². The first-order chi connectivity index (χ1) is 55.4. The Bertz CT molecular complexity index is 6230. The molecule has 0 saturated carbocycles. The van der Waals surface area contributed by atoms with Crippen molar-refractivity contribution in [2.45, 2.75) is 104 Å². The number of nitrogens with one attached hydrogen (secondary N) is 6. The van der Waals surface area contributed by atoms with E-state index in [9.17, 15) is 34.4 Å². The van der Waals surface area contributed by atoms with Gasteiger partial charge in [-0.3, -0.25) is 28.8 Å². The number of nitrogen functional groups attached to an aromatic ring is 1. The number of non-ortho nitro benzene ring substituents is 1. The number of carboxylic acids is 1. The summed E-state index contributed by atoms with van der Waals surface area (Å²) in [6.07, 6.45) is 14.7. The number of benzene rings is 4. The van der Waals surface area contributed by atoms with E-state index in [2.05, 4.69) is 68.6 Å². The fourth-order valence-electron chi connectivity index (χ4n) is 13.2. The van der Waals surface area contributed by atoms with Crippen molar-refractivity contribution < 1.29 is 43.4 Å². The molecule has 0 bridgehead atoms. The molecule has 0 aliphatic heterocycles. The minimum atomic E-state index is -1.01. The van der Waals surface area contributed by atoms with Crippen LogP contribution in [0, 0.1) is 10.1 Å². The number of pyridine rings is 4. The summed E-state index contributed by atoms with van der Waals surface area (Å²) >= 11 is 0. The highest BCUT2D eigenvalue weighted by Gasteiger charge is 2.25. The average Bonchev–Trinajstić information content (AvgIpc) is 1.63. The van der Waals surface area contributed by atoms with Crippen LogP contribution in [0.3, 0.4) is 0 Å². The van der Waals surface area contributed by atoms with E-state index in [0.717, 1.165) is 131 Å². The minimum absolute atomic E-state index is 0. The molecule has 9 N–H and O–H groups in total. The number of aromatic nitrogens is 16. The van der Waals surface area contributed by atoms with Crippen LogP contribution in [0.25, 0.3) is 134 Å². The molecule has 16 rings (SSSR count). The van der Waals surface area contributed by atoms with Crippen molar-refractivity contribution in [2.24, 2.45) is 0 Å². The van der Waals surface area contributed by atoms with Gasteiger partial charge >= 0.3 is 23.9 Å². The average molecular weight is 1600 g/mol. The van der Waals surface area contributed by atoms with Gasteiger partial charge in [0.1, 0.15) is 68.1 Å². The van der Waals surface area contributed by atoms with Crippen molar-refractivity contribution in [3.8, 4) is 89.5 Å². The number of aryl methyl sites for hydroxylation is 4. The molecule has 610 valence electrons. The fraction of sp³-hybridized carbons (Fsp3) is 0.227. The number of aromatic amines is 4. The maximum absolute atomic E-state index is 12.2. The fourth-order valence-corrected chi connectivity index (χ4v) is 13.2. The number of hydrogen-bond acceptors (Lipinski definition) is 20. The lowest BCUT2D eigenvalue weighted by Crippen LogP contribution is -2.04. The number of nitrogens with two attached hydrogens (primary N) is 1. The second kappa shape index (κ2) is 38.8. The molecule has 30 heteroatoms. The number of aromatic carboxylic acids is 1. The lowest BCUT2D eigenvalue weighted by atomic mass is 10.00. The molecule has 118 heavy (non-hydrogen) atoms. The van der Waals surface area contributed by atoms with Crippen LogP contribution >= 0.6 is 0 Å². The van der Waals surface area contributed by atoms with Crippen molar-refractivity contribution in [3.05, 3.63) is 228 Å². The van der Waals surface area contributed by atoms with Crippen LogP contribution in [-0.2, 0) is 40.4 Å². The van der Waals surface area contributed by atoms with E-state index >= 15 is 0 Å². The monoisotopic (exact) mass is 1590 g/mol. The van der Waals surface area contributed by atoms with Gasteiger partial charge in [0.05, 0.1) is 24.7 Å². The quantitative estimate of drug-likeness (QED) is 0.0103. The smallest absolute Gasteiger partial charge is 0.354 e. The summed E-state index contributed by atoms with van der Waals surface area (Å²) in [6, 6.07) is 44.7. The minimum Gasteiger partial charge on any atom is -0.477 e. The predicted octanol–water partition coefficient (Wildman–Crippen LogP) is 18.8. The molecule has 0 radical (unpaired) electrons. The van der Waals surface area contributed by atoms with Crippen LogP contribution in [-0.4, -0.2) is 147 Å². The zero-order valence-corrected chi connectivity index (χ0v) is 63.9. The number of nitro benzene ring substituents is 1. The van der Waals surface area contributed by atoms with Gasteiger partial charge in [-0.05, 0) is 156 Å². The number of hydrogen-bond donors (Lipinski definition) is 8. The topological polar surface area (TPSA) is 395 Å². The Morgan fingerprint density at radius 2 is 0.695 bits per heavy atom. The number of nitrogens with zero attached hydrogens (tertiary/aromatic N) is 13. The van der Waals surface area contributed by atoms with Gasteiger partial charge in [-0.2, -0.15) is 20.4 Å². The third kappa shape index (κ3) is 18.5. The van der Waals surface area contributed by atoms with Crippen molar-refractivity contribution in [1.29, 1.82) is 0 Å². The lowest BCUT2D eigenvalue weighted by Gasteiger charge is -2.06. The molecule has 0 aliphatic carbocycles. The first-order valence-corrected chi connectivity index (χ1v) is 37.0. The molecule has 12 aromatic heterocycles. The van der Waals surface area contributed by atoms with Gasteiger partial charge in [-0.15, -0.1) is 0 Å². The van der Waals surface area contributed by atoms with Crippen LogP contribution in [0.1, 0.15) is 120 Å². The highest BCUT2D eigenvalue weighted by Crippen LogP contribution is 2.41. The third-order valence-electron chi connectivity index (χ3n) is 18.7. The Morgan fingerprint density at radius 1 is 0.407 bits per heavy atom. The van der Waals surface area contributed by atoms with Gasteiger partial charge in [0.15, 0.2) is 0 Å². The van der Waals surface area contributed by atoms with Gasteiger partial charge in [0.2, 0.25) is 0 Å². The van der Waals surface area contributed by atoms with Gasteiger partial charge < -0.3 is 55.6 Å². The predicted molar refractivity (Wildman–Crippen MR) is 466 cm³/mol. The lowest BCUT2D eigenvalue weighted by molar-refractivity contribution is -0.384. The van der Waals surface area contributed by atoms with Gasteiger partial charge in [0, 0.05) is 185 Å². The Morgan fingerprint density at radius 3 is 0.983 bits per heavy atom. The Labute approximate surface area is 682 Å². The summed E-state index contributed by atoms with van der Waals surface area (Å²) in [5.74, 6) is -2.25. The maximum atomic E-state index is 12.2. The molecular formula is C88H98N20O10. The molecule has 0 unspecified atom stereocenters.